The van der Waals surface area contributed by atoms with Gasteiger partial charge in [0.05, 0.1) is 17.9 Å². The fourth-order valence-electron chi connectivity index (χ4n) is 2.30. The van der Waals surface area contributed by atoms with Crippen LogP contribution in [0.3, 0.4) is 0 Å². The van der Waals surface area contributed by atoms with Gasteiger partial charge >= 0.3 is 5.97 Å². The first-order valence-corrected chi connectivity index (χ1v) is 7.72. The van der Waals surface area contributed by atoms with Gasteiger partial charge in [0, 0.05) is 32.4 Å². The van der Waals surface area contributed by atoms with Crippen molar-refractivity contribution in [2.24, 2.45) is 0 Å². The number of amides is 1. The van der Waals surface area contributed by atoms with Gasteiger partial charge in [-0.3, -0.25) is 9.59 Å². The summed E-state index contributed by atoms with van der Waals surface area (Å²) in [6.07, 6.45) is 1.51. The molecule has 0 radical (unpaired) electrons. The first-order valence-electron chi connectivity index (χ1n) is 7.72. The third kappa shape index (κ3) is 4.62. The maximum Gasteiger partial charge on any atom is 0.325 e. The summed E-state index contributed by atoms with van der Waals surface area (Å²) in [6, 6.07) is 0. The predicted octanol–water partition coefficient (Wildman–Crippen LogP) is -0.170. The van der Waals surface area contributed by atoms with Crippen LogP contribution < -0.4 is 10.2 Å². The molecule has 23 heavy (non-hydrogen) atoms. The van der Waals surface area contributed by atoms with Crippen LogP contribution in [-0.2, 0) is 9.53 Å². The number of esters is 1. The highest BCUT2D eigenvalue weighted by Gasteiger charge is 2.19. The topological polar surface area (TPSA) is 87.7 Å². The predicted molar refractivity (Wildman–Crippen MR) is 85.4 cm³/mol. The van der Waals surface area contributed by atoms with E-state index in [1.165, 1.54) is 6.20 Å². The summed E-state index contributed by atoms with van der Waals surface area (Å²) in [5.41, 5.74) is 0.961. The largest absolute Gasteiger partial charge is 0.465 e. The van der Waals surface area contributed by atoms with Crippen molar-refractivity contribution in [3.05, 3.63) is 17.5 Å². The van der Waals surface area contributed by atoms with E-state index in [2.05, 4.69) is 32.1 Å². The smallest absolute Gasteiger partial charge is 0.325 e. The van der Waals surface area contributed by atoms with Crippen molar-refractivity contribution in [3.63, 3.8) is 0 Å². The van der Waals surface area contributed by atoms with E-state index in [1.807, 2.05) is 0 Å². The van der Waals surface area contributed by atoms with Gasteiger partial charge in [-0.25, -0.2) is 9.97 Å². The summed E-state index contributed by atoms with van der Waals surface area (Å²) in [6.45, 7) is 7.27. The Labute approximate surface area is 135 Å². The molecule has 8 nitrogen and oxygen atoms in total. The van der Waals surface area contributed by atoms with Gasteiger partial charge in [-0.2, -0.15) is 0 Å². The molecule has 0 spiro atoms. The Morgan fingerprint density at radius 2 is 2.00 bits per heavy atom. The Morgan fingerprint density at radius 3 is 2.61 bits per heavy atom. The van der Waals surface area contributed by atoms with Gasteiger partial charge in [0.25, 0.3) is 5.91 Å². The van der Waals surface area contributed by atoms with E-state index in [1.54, 1.807) is 13.8 Å². The average Bonchev–Trinajstić information content (AvgIpc) is 2.53. The number of ether oxygens (including phenoxy) is 1. The molecule has 0 atom stereocenters. The number of anilines is 1. The average molecular weight is 321 g/mol. The van der Waals surface area contributed by atoms with Crippen LogP contribution in [0, 0.1) is 6.92 Å². The highest BCUT2D eigenvalue weighted by molar-refractivity contribution is 5.96. The normalized spacial score (nSPS) is 15.3. The molecule has 126 valence electrons. The number of hydrogen-bond donors (Lipinski definition) is 1. The van der Waals surface area contributed by atoms with Crippen molar-refractivity contribution in [1.29, 1.82) is 0 Å². The zero-order valence-electron chi connectivity index (χ0n) is 13.8. The fraction of sp³-hybridized carbons (Fsp3) is 0.600. The van der Waals surface area contributed by atoms with Crippen molar-refractivity contribution in [1.82, 2.24) is 20.2 Å². The van der Waals surface area contributed by atoms with Crippen molar-refractivity contribution in [2.75, 3.05) is 51.3 Å². The number of carbonyl (C=O) groups is 2. The van der Waals surface area contributed by atoms with E-state index >= 15 is 0 Å². The number of likely N-dealkylation sites (N-methyl/N-ethyl adjacent to an activating group) is 1. The number of rotatable bonds is 5. The van der Waals surface area contributed by atoms with Crippen molar-refractivity contribution >= 4 is 17.8 Å². The van der Waals surface area contributed by atoms with Crippen LogP contribution in [0.2, 0.25) is 0 Å². The van der Waals surface area contributed by atoms with Gasteiger partial charge in [0.1, 0.15) is 6.54 Å². The fourth-order valence-corrected chi connectivity index (χ4v) is 2.30. The summed E-state index contributed by atoms with van der Waals surface area (Å²) in [5.74, 6) is -0.202. The Kier molecular flexibility index (Phi) is 5.86. The van der Waals surface area contributed by atoms with Gasteiger partial charge < -0.3 is 19.9 Å². The Balaban J connectivity index is 1.98. The molecular weight excluding hydrogens is 298 g/mol. The SMILES string of the molecule is CCOC(=O)CNC(=O)c1cnc(N2CCN(C)CC2)nc1C. The van der Waals surface area contributed by atoms with Gasteiger partial charge in [0.2, 0.25) is 5.95 Å². The zero-order chi connectivity index (χ0) is 16.8. The highest BCUT2D eigenvalue weighted by atomic mass is 16.5. The van der Waals surface area contributed by atoms with Crippen molar-refractivity contribution in [3.8, 4) is 0 Å². The zero-order valence-corrected chi connectivity index (χ0v) is 13.8. The Morgan fingerprint density at radius 1 is 1.30 bits per heavy atom. The summed E-state index contributed by atoms with van der Waals surface area (Å²) >= 11 is 0. The summed E-state index contributed by atoms with van der Waals surface area (Å²) < 4.78 is 4.77. The maximum atomic E-state index is 12.1. The molecule has 1 aliphatic rings. The quantitative estimate of drug-likeness (QED) is 0.753. The summed E-state index contributed by atoms with van der Waals surface area (Å²) in [5, 5.41) is 2.52. The summed E-state index contributed by atoms with van der Waals surface area (Å²) in [4.78, 5) is 36.4. The van der Waals surface area contributed by atoms with Gasteiger partial charge in [0.15, 0.2) is 0 Å². The molecule has 8 heteroatoms. The standard InChI is InChI=1S/C15H23N5O3/c1-4-23-13(21)10-16-14(22)12-9-17-15(18-11(12)2)20-7-5-19(3)6-8-20/h9H,4-8,10H2,1-3H3,(H,16,22). The van der Waals surface area contributed by atoms with E-state index < -0.39 is 5.97 Å². The number of hydrogen-bond acceptors (Lipinski definition) is 7. The second-order valence-electron chi connectivity index (χ2n) is 5.45. The number of aromatic nitrogens is 2. The molecule has 0 aliphatic carbocycles. The lowest BCUT2D eigenvalue weighted by molar-refractivity contribution is -0.141. The third-order valence-corrected chi connectivity index (χ3v) is 3.70. The highest BCUT2D eigenvalue weighted by Crippen LogP contribution is 2.13. The van der Waals surface area contributed by atoms with Gasteiger partial charge in [-0.1, -0.05) is 0 Å². The molecule has 1 aromatic rings. The molecule has 0 saturated carbocycles. The van der Waals surface area contributed by atoms with Gasteiger partial charge in [-0.15, -0.1) is 0 Å². The molecule has 0 bridgehead atoms. The van der Waals surface area contributed by atoms with E-state index in [4.69, 9.17) is 4.74 Å². The van der Waals surface area contributed by atoms with Crippen molar-refractivity contribution in [2.45, 2.75) is 13.8 Å². The molecule has 1 amide bonds. The van der Waals surface area contributed by atoms with Crippen LogP contribution in [0.25, 0.3) is 0 Å². The van der Waals surface area contributed by atoms with E-state index in [0.717, 1.165) is 26.2 Å². The molecule has 1 N–H and O–H groups in total. The molecular formula is C15H23N5O3. The van der Waals surface area contributed by atoms with Gasteiger partial charge in [-0.05, 0) is 20.9 Å². The number of nitrogens with one attached hydrogen (secondary N) is 1. The second kappa shape index (κ2) is 7.87. The molecule has 1 saturated heterocycles. The lowest BCUT2D eigenvalue weighted by Gasteiger charge is -2.32. The lowest BCUT2D eigenvalue weighted by Crippen LogP contribution is -2.45. The molecule has 2 rings (SSSR count). The van der Waals surface area contributed by atoms with Crippen LogP contribution in [-0.4, -0.2) is 73.1 Å². The molecule has 2 heterocycles. The second-order valence-corrected chi connectivity index (χ2v) is 5.45. The van der Waals surface area contributed by atoms with E-state index in [-0.39, 0.29) is 19.1 Å². The number of aryl methyl sites for hydroxylation is 1. The Bertz CT molecular complexity index is 570. The molecule has 1 aliphatic heterocycles. The summed E-state index contributed by atoms with van der Waals surface area (Å²) in [7, 11) is 2.08. The molecule has 1 aromatic heterocycles. The third-order valence-electron chi connectivity index (χ3n) is 3.70. The van der Waals surface area contributed by atoms with Crippen LogP contribution in [0.4, 0.5) is 5.95 Å². The van der Waals surface area contributed by atoms with Crippen LogP contribution in [0.15, 0.2) is 6.20 Å². The maximum absolute atomic E-state index is 12.1. The van der Waals surface area contributed by atoms with Crippen LogP contribution in [0.5, 0.6) is 0 Å². The molecule has 1 fully saturated rings. The number of nitrogens with zero attached hydrogens (tertiary/aromatic N) is 4. The minimum Gasteiger partial charge on any atom is -0.465 e. The minimum atomic E-state index is -0.464. The number of piperazine rings is 1. The van der Waals surface area contributed by atoms with Crippen LogP contribution >= 0.6 is 0 Å². The molecule has 0 aromatic carbocycles. The lowest BCUT2D eigenvalue weighted by atomic mass is 10.2. The number of carbonyl (C=O) groups excluding carboxylic acids is 2. The van der Waals surface area contributed by atoms with E-state index in [0.29, 0.717) is 17.2 Å². The monoisotopic (exact) mass is 321 g/mol. The first-order chi connectivity index (χ1) is 11.0. The van der Waals surface area contributed by atoms with Crippen LogP contribution in [0.1, 0.15) is 23.0 Å². The van der Waals surface area contributed by atoms with Crippen molar-refractivity contribution < 1.29 is 14.3 Å². The van der Waals surface area contributed by atoms with E-state index in [9.17, 15) is 9.59 Å². The first kappa shape index (κ1) is 17.1. The molecule has 0 unspecified atom stereocenters. The Hall–Kier alpha value is -2.22. The minimum absolute atomic E-state index is 0.160.